The van der Waals surface area contributed by atoms with Crippen molar-refractivity contribution in [1.29, 1.82) is 0 Å². The predicted molar refractivity (Wildman–Crippen MR) is 85.6 cm³/mol. The summed E-state index contributed by atoms with van der Waals surface area (Å²) >= 11 is 5.63. The fourth-order valence-corrected chi connectivity index (χ4v) is 4.35. The molecule has 2 aromatic rings. The Labute approximate surface area is 143 Å². The maximum Gasteiger partial charge on any atom is 0.268 e. The van der Waals surface area contributed by atoms with Crippen LogP contribution in [-0.2, 0) is 20.0 Å². The van der Waals surface area contributed by atoms with Crippen molar-refractivity contribution in [3.05, 3.63) is 53.1 Å². The van der Waals surface area contributed by atoms with Crippen molar-refractivity contribution < 1.29 is 26.7 Å². The first-order valence-electron chi connectivity index (χ1n) is 6.20. The Balaban J connectivity index is 2.45. The van der Waals surface area contributed by atoms with E-state index in [2.05, 4.69) is 0 Å². The third-order valence-electron chi connectivity index (χ3n) is 2.88. The van der Waals surface area contributed by atoms with Crippen LogP contribution < -0.4 is 9.86 Å². The molecular formula is C13H11ClN2O6S2. The second-order valence-electron chi connectivity index (χ2n) is 4.59. The molecule has 0 saturated carbocycles. The SMILES string of the molecule is NS(=O)(=O)c1ccccc1S(=O)(=O)NC(=O)c1ccc(Cl)cc1O. The molecule has 0 radical (unpaired) electrons. The van der Waals surface area contributed by atoms with Crippen LogP contribution in [0, 0.1) is 0 Å². The molecule has 8 nitrogen and oxygen atoms in total. The van der Waals surface area contributed by atoms with Gasteiger partial charge in [0, 0.05) is 5.02 Å². The first-order chi connectivity index (χ1) is 11.0. The molecule has 11 heteroatoms. The summed E-state index contributed by atoms with van der Waals surface area (Å²) in [6.45, 7) is 0. The summed E-state index contributed by atoms with van der Waals surface area (Å²) in [6, 6.07) is 7.99. The maximum absolute atomic E-state index is 12.3. The number of primary sulfonamides is 1. The smallest absolute Gasteiger partial charge is 0.268 e. The Morgan fingerprint density at radius 1 is 1.04 bits per heavy atom. The number of hydrogen-bond donors (Lipinski definition) is 3. The minimum atomic E-state index is -4.55. The van der Waals surface area contributed by atoms with Gasteiger partial charge in [0.1, 0.15) is 15.5 Å². The van der Waals surface area contributed by atoms with E-state index in [1.165, 1.54) is 18.2 Å². The molecule has 0 heterocycles. The largest absolute Gasteiger partial charge is 0.507 e. The van der Waals surface area contributed by atoms with Gasteiger partial charge in [0.15, 0.2) is 0 Å². The predicted octanol–water partition coefficient (Wildman–Crippen LogP) is 0.812. The van der Waals surface area contributed by atoms with Gasteiger partial charge in [-0.05, 0) is 30.3 Å². The van der Waals surface area contributed by atoms with Crippen molar-refractivity contribution in [2.24, 2.45) is 5.14 Å². The molecule has 0 aliphatic heterocycles. The highest BCUT2D eigenvalue weighted by atomic mass is 35.5. The summed E-state index contributed by atoms with van der Waals surface area (Å²) in [6.07, 6.45) is 0. The van der Waals surface area contributed by atoms with E-state index in [1.807, 2.05) is 0 Å². The molecule has 0 aliphatic carbocycles. The van der Waals surface area contributed by atoms with E-state index in [-0.39, 0.29) is 10.6 Å². The van der Waals surface area contributed by atoms with Crippen molar-refractivity contribution in [2.75, 3.05) is 0 Å². The van der Waals surface area contributed by atoms with E-state index in [9.17, 15) is 26.7 Å². The number of nitrogens with one attached hydrogen (secondary N) is 1. The summed E-state index contributed by atoms with van der Waals surface area (Å²) in [5, 5.41) is 14.8. The Hall–Kier alpha value is -2.14. The molecule has 4 N–H and O–H groups in total. The van der Waals surface area contributed by atoms with E-state index in [1.54, 1.807) is 4.72 Å². The van der Waals surface area contributed by atoms with Crippen LogP contribution in [0.4, 0.5) is 0 Å². The number of carbonyl (C=O) groups excluding carboxylic acids is 1. The van der Waals surface area contributed by atoms with Crippen LogP contribution in [-0.4, -0.2) is 27.8 Å². The molecule has 128 valence electrons. The molecule has 0 fully saturated rings. The molecular weight excluding hydrogens is 380 g/mol. The zero-order valence-electron chi connectivity index (χ0n) is 11.8. The van der Waals surface area contributed by atoms with Gasteiger partial charge in [0.05, 0.1) is 5.56 Å². The highest BCUT2D eigenvalue weighted by molar-refractivity contribution is 7.92. The molecule has 0 spiro atoms. The molecule has 2 aromatic carbocycles. The van der Waals surface area contributed by atoms with Gasteiger partial charge < -0.3 is 5.11 Å². The summed E-state index contributed by atoms with van der Waals surface area (Å²) in [5.41, 5.74) is -0.351. The van der Waals surface area contributed by atoms with Gasteiger partial charge in [-0.25, -0.2) is 26.7 Å². The Kier molecular flexibility index (Phi) is 4.85. The van der Waals surface area contributed by atoms with Gasteiger partial charge in [0.2, 0.25) is 10.0 Å². The fraction of sp³-hybridized carbons (Fsp3) is 0. The number of benzene rings is 2. The summed E-state index contributed by atoms with van der Waals surface area (Å²) in [7, 11) is -8.88. The van der Waals surface area contributed by atoms with Gasteiger partial charge in [-0.1, -0.05) is 23.7 Å². The fourth-order valence-electron chi connectivity index (χ4n) is 1.84. The number of sulfonamides is 2. The van der Waals surface area contributed by atoms with Crippen LogP contribution in [0.5, 0.6) is 5.75 Å². The average molecular weight is 391 g/mol. The first-order valence-corrected chi connectivity index (χ1v) is 9.60. The van der Waals surface area contributed by atoms with Gasteiger partial charge in [0.25, 0.3) is 15.9 Å². The van der Waals surface area contributed by atoms with Crippen molar-refractivity contribution in [3.8, 4) is 5.75 Å². The number of carbonyl (C=O) groups is 1. The number of aromatic hydroxyl groups is 1. The second-order valence-corrected chi connectivity index (χ2v) is 8.20. The van der Waals surface area contributed by atoms with Gasteiger partial charge in [-0.3, -0.25) is 4.79 Å². The van der Waals surface area contributed by atoms with Crippen LogP contribution in [0.2, 0.25) is 5.02 Å². The van der Waals surface area contributed by atoms with Crippen molar-refractivity contribution in [3.63, 3.8) is 0 Å². The number of halogens is 1. The maximum atomic E-state index is 12.3. The van der Waals surface area contributed by atoms with E-state index in [0.29, 0.717) is 0 Å². The highest BCUT2D eigenvalue weighted by Crippen LogP contribution is 2.23. The van der Waals surface area contributed by atoms with E-state index < -0.39 is 41.5 Å². The molecule has 0 aliphatic rings. The lowest BCUT2D eigenvalue weighted by molar-refractivity contribution is 0.0978. The number of nitrogens with two attached hydrogens (primary N) is 1. The van der Waals surface area contributed by atoms with Crippen LogP contribution >= 0.6 is 11.6 Å². The molecule has 0 saturated heterocycles. The van der Waals surface area contributed by atoms with Crippen LogP contribution in [0.3, 0.4) is 0 Å². The first kappa shape index (κ1) is 18.2. The Morgan fingerprint density at radius 3 is 2.17 bits per heavy atom. The number of hydrogen-bond acceptors (Lipinski definition) is 6. The molecule has 0 aromatic heterocycles. The zero-order valence-corrected chi connectivity index (χ0v) is 14.2. The number of phenolic OH excluding ortho intramolecular Hbond substituents is 1. The van der Waals surface area contributed by atoms with E-state index >= 15 is 0 Å². The summed E-state index contributed by atoms with van der Waals surface area (Å²) < 4.78 is 49.3. The number of phenols is 1. The molecule has 0 unspecified atom stereocenters. The van der Waals surface area contributed by atoms with Crippen LogP contribution in [0.1, 0.15) is 10.4 Å². The summed E-state index contributed by atoms with van der Waals surface area (Å²) in [5.74, 6) is -1.69. The third-order valence-corrected chi connectivity index (χ3v) is 5.60. The zero-order chi connectivity index (χ0) is 18.1. The normalized spacial score (nSPS) is 11.9. The Bertz CT molecular complexity index is 1020. The number of amides is 1. The van der Waals surface area contributed by atoms with Crippen molar-refractivity contribution in [1.82, 2.24) is 4.72 Å². The van der Waals surface area contributed by atoms with E-state index in [0.717, 1.165) is 24.3 Å². The average Bonchev–Trinajstić information content (AvgIpc) is 2.45. The minimum absolute atomic E-state index is 0.145. The lowest BCUT2D eigenvalue weighted by Crippen LogP contribution is -2.32. The molecule has 0 atom stereocenters. The molecule has 24 heavy (non-hydrogen) atoms. The molecule has 0 bridgehead atoms. The standard InChI is InChI=1S/C13H11ClN2O6S2/c14-8-5-6-9(10(17)7-8)13(18)16-24(21,22)12-4-2-1-3-11(12)23(15,19)20/h1-7,17H,(H,16,18)(H2,15,19,20). The van der Waals surface area contributed by atoms with Crippen molar-refractivity contribution in [2.45, 2.75) is 9.79 Å². The Morgan fingerprint density at radius 2 is 1.62 bits per heavy atom. The van der Waals surface area contributed by atoms with Gasteiger partial charge >= 0.3 is 0 Å². The lowest BCUT2D eigenvalue weighted by Gasteiger charge is -2.11. The van der Waals surface area contributed by atoms with E-state index in [4.69, 9.17) is 16.7 Å². The third kappa shape index (κ3) is 3.85. The molecule has 2 rings (SSSR count). The second kappa shape index (κ2) is 6.40. The quantitative estimate of drug-likeness (QED) is 0.704. The number of rotatable bonds is 4. The molecule has 1 amide bonds. The van der Waals surface area contributed by atoms with Gasteiger partial charge in [-0.15, -0.1) is 0 Å². The topological polar surface area (TPSA) is 144 Å². The van der Waals surface area contributed by atoms with Crippen LogP contribution in [0.15, 0.2) is 52.3 Å². The monoisotopic (exact) mass is 390 g/mol. The van der Waals surface area contributed by atoms with Gasteiger partial charge in [-0.2, -0.15) is 0 Å². The highest BCUT2D eigenvalue weighted by Gasteiger charge is 2.26. The van der Waals surface area contributed by atoms with Crippen LogP contribution in [0.25, 0.3) is 0 Å². The van der Waals surface area contributed by atoms with Crippen molar-refractivity contribution >= 4 is 37.6 Å². The minimum Gasteiger partial charge on any atom is -0.507 e. The summed E-state index contributed by atoms with van der Waals surface area (Å²) in [4.78, 5) is 10.7. The lowest BCUT2D eigenvalue weighted by atomic mass is 10.2.